The third-order valence-electron chi connectivity index (χ3n) is 3.05. The average molecular weight is 291 g/mol. The number of hydrogen-bond donors (Lipinski definition) is 2. The van der Waals surface area contributed by atoms with Gasteiger partial charge in [-0.05, 0) is 30.7 Å². The molecule has 0 aliphatic carbocycles. The van der Waals surface area contributed by atoms with Gasteiger partial charge in [-0.2, -0.15) is 0 Å². The Balaban J connectivity index is 1.78. The van der Waals surface area contributed by atoms with E-state index in [1.165, 1.54) is 5.69 Å². The Kier molecular flexibility index (Phi) is 5.07. The molecule has 0 radical (unpaired) electrons. The van der Waals surface area contributed by atoms with Crippen molar-refractivity contribution in [3.63, 3.8) is 0 Å². The van der Waals surface area contributed by atoms with Crippen molar-refractivity contribution in [2.24, 2.45) is 0 Å². The molecule has 0 aliphatic rings. The zero-order valence-electron chi connectivity index (χ0n) is 11.5. The topological polar surface area (TPSA) is 54.2 Å². The van der Waals surface area contributed by atoms with E-state index in [9.17, 15) is 0 Å². The first-order chi connectivity index (χ1) is 9.66. The van der Waals surface area contributed by atoms with Gasteiger partial charge in [-0.1, -0.05) is 29.8 Å². The van der Waals surface area contributed by atoms with Crippen molar-refractivity contribution in [3.8, 4) is 0 Å². The monoisotopic (exact) mass is 290 g/mol. The number of benzene rings is 1. The molecule has 3 N–H and O–H groups in total. The number of anilines is 3. The maximum absolute atomic E-state index is 5.85. The second-order valence-corrected chi connectivity index (χ2v) is 5.00. The van der Waals surface area contributed by atoms with Crippen LogP contribution in [-0.2, 0) is 0 Å². The van der Waals surface area contributed by atoms with E-state index >= 15 is 0 Å². The fraction of sp³-hybridized carbons (Fsp3) is 0.267. The summed E-state index contributed by atoms with van der Waals surface area (Å²) in [5.74, 6) is 0.653. The first-order valence-electron chi connectivity index (χ1n) is 6.59. The van der Waals surface area contributed by atoms with E-state index in [1.54, 1.807) is 12.1 Å². The molecule has 0 fully saturated rings. The van der Waals surface area contributed by atoms with Gasteiger partial charge in [-0.15, -0.1) is 0 Å². The molecular weight excluding hydrogens is 272 g/mol. The van der Waals surface area contributed by atoms with Crippen LogP contribution in [0.3, 0.4) is 0 Å². The summed E-state index contributed by atoms with van der Waals surface area (Å²) in [6.45, 7) is 1.76. The highest BCUT2D eigenvalue weighted by Crippen LogP contribution is 2.18. The van der Waals surface area contributed by atoms with Gasteiger partial charge in [-0.3, -0.25) is 0 Å². The summed E-state index contributed by atoms with van der Waals surface area (Å²) in [5.41, 5.74) is 7.66. The van der Waals surface area contributed by atoms with Crippen molar-refractivity contribution in [2.45, 2.75) is 6.42 Å². The SMILES string of the molecule is CN(CCCNc1nc(Cl)ccc1N)c1ccccc1. The quantitative estimate of drug-likeness (QED) is 0.633. The molecule has 4 nitrogen and oxygen atoms in total. The molecule has 2 aromatic rings. The molecule has 0 atom stereocenters. The fourth-order valence-corrected chi connectivity index (χ4v) is 2.07. The second-order valence-electron chi connectivity index (χ2n) is 4.61. The van der Waals surface area contributed by atoms with Gasteiger partial charge >= 0.3 is 0 Å². The van der Waals surface area contributed by atoms with Crippen molar-refractivity contribution < 1.29 is 0 Å². The molecule has 1 aromatic carbocycles. The first-order valence-corrected chi connectivity index (χ1v) is 6.96. The maximum atomic E-state index is 5.85. The van der Waals surface area contributed by atoms with Crippen molar-refractivity contribution in [2.75, 3.05) is 36.1 Å². The Bertz CT molecular complexity index is 545. The van der Waals surface area contributed by atoms with E-state index in [4.69, 9.17) is 17.3 Å². The molecule has 0 amide bonds. The lowest BCUT2D eigenvalue weighted by Gasteiger charge is -2.19. The standard InChI is InChI=1S/C15H19ClN4/c1-20(12-6-3-2-4-7-12)11-5-10-18-15-13(17)8-9-14(16)19-15/h2-4,6-9H,5,10-11,17H2,1H3,(H,18,19). The van der Waals surface area contributed by atoms with E-state index in [0.29, 0.717) is 16.7 Å². The minimum atomic E-state index is 0.447. The number of aromatic nitrogens is 1. The van der Waals surface area contributed by atoms with Crippen LogP contribution in [0.4, 0.5) is 17.2 Å². The van der Waals surface area contributed by atoms with Gasteiger partial charge in [0, 0.05) is 25.8 Å². The van der Waals surface area contributed by atoms with Crippen molar-refractivity contribution in [1.82, 2.24) is 4.98 Å². The van der Waals surface area contributed by atoms with Crippen LogP contribution < -0.4 is 16.0 Å². The fourth-order valence-electron chi connectivity index (χ4n) is 1.92. The number of nitrogens with one attached hydrogen (secondary N) is 1. The third-order valence-corrected chi connectivity index (χ3v) is 3.26. The van der Waals surface area contributed by atoms with E-state index in [-0.39, 0.29) is 0 Å². The normalized spacial score (nSPS) is 10.3. The van der Waals surface area contributed by atoms with Crippen LogP contribution in [0.25, 0.3) is 0 Å². The highest BCUT2D eigenvalue weighted by atomic mass is 35.5. The lowest BCUT2D eigenvalue weighted by Crippen LogP contribution is -2.21. The van der Waals surface area contributed by atoms with Crippen LogP contribution in [-0.4, -0.2) is 25.1 Å². The van der Waals surface area contributed by atoms with Crippen molar-refractivity contribution >= 4 is 28.8 Å². The number of halogens is 1. The maximum Gasteiger partial charge on any atom is 0.150 e. The van der Waals surface area contributed by atoms with Gasteiger partial charge in [0.15, 0.2) is 5.82 Å². The predicted molar refractivity (Wildman–Crippen MR) is 86.5 cm³/mol. The molecule has 0 spiro atoms. The molecule has 5 heteroatoms. The van der Waals surface area contributed by atoms with Crippen LogP contribution in [0.5, 0.6) is 0 Å². The van der Waals surface area contributed by atoms with Gasteiger partial charge in [0.2, 0.25) is 0 Å². The molecule has 0 unspecified atom stereocenters. The Morgan fingerprint density at radius 1 is 1.20 bits per heavy atom. The van der Waals surface area contributed by atoms with E-state index < -0.39 is 0 Å². The highest BCUT2D eigenvalue weighted by molar-refractivity contribution is 6.29. The number of para-hydroxylation sites is 1. The molecule has 106 valence electrons. The Hall–Kier alpha value is -1.94. The predicted octanol–water partition coefficient (Wildman–Crippen LogP) is 3.26. The summed E-state index contributed by atoms with van der Waals surface area (Å²) in [6.07, 6.45) is 0.985. The van der Waals surface area contributed by atoms with Gasteiger partial charge in [0.1, 0.15) is 5.15 Å². The lowest BCUT2D eigenvalue weighted by atomic mass is 10.3. The molecule has 1 heterocycles. The van der Waals surface area contributed by atoms with Crippen LogP contribution in [0.15, 0.2) is 42.5 Å². The molecule has 20 heavy (non-hydrogen) atoms. The number of nitrogen functional groups attached to an aromatic ring is 1. The number of pyridine rings is 1. The molecule has 0 bridgehead atoms. The lowest BCUT2D eigenvalue weighted by molar-refractivity contribution is 0.814. The Labute approximate surface area is 124 Å². The van der Waals surface area contributed by atoms with Crippen LogP contribution in [0, 0.1) is 0 Å². The number of nitrogens with zero attached hydrogens (tertiary/aromatic N) is 2. The zero-order chi connectivity index (χ0) is 14.4. The minimum Gasteiger partial charge on any atom is -0.396 e. The molecule has 0 aliphatic heterocycles. The van der Waals surface area contributed by atoms with Crippen molar-refractivity contribution in [1.29, 1.82) is 0 Å². The molecule has 0 saturated carbocycles. The number of hydrogen-bond acceptors (Lipinski definition) is 4. The third kappa shape index (κ3) is 4.03. The molecule has 1 aromatic heterocycles. The summed E-state index contributed by atoms with van der Waals surface area (Å²) < 4.78 is 0. The summed E-state index contributed by atoms with van der Waals surface area (Å²) in [5, 5.41) is 3.66. The van der Waals surface area contributed by atoms with E-state index in [2.05, 4.69) is 34.4 Å². The van der Waals surface area contributed by atoms with Crippen LogP contribution in [0.2, 0.25) is 5.15 Å². The second kappa shape index (κ2) is 7.01. The number of nitrogens with two attached hydrogens (primary N) is 1. The van der Waals surface area contributed by atoms with Gasteiger partial charge < -0.3 is 16.0 Å². The molecular formula is C15H19ClN4. The molecule has 0 saturated heterocycles. The smallest absolute Gasteiger partial charge is 0.150 e. The highest BCUT2D eigenvalue weighted by Gasteiger charge is 2.02. The van der Waals surface area contributed by atoms with Crippen LogP contribution >= 0.6 is 11.6 Å². The van der Waals surface area contributed by atoms with Gasteiger partial charge in [0.25, 0.3) is 0 Å². The first kappa shape index (κ1) is 14.5. The largest absolute Gasteiger partial charge is 0.396 e. The van der Waals surface area contributed by atoms with Crippen LogP contribution in [0.1, 0.15) is 6.42 Å². The van der Waals surface area contributed by atoms with Crippen molar-refractivity contribution in [3.05, 3.63) is 47.6 Å². The summed E-state index contributed by atoms with van der Waals surface area (Å²) in [4.78, 5) is 6.38. The Morgan fingerprint density at radius 3 is 2.70 bits per heavy atom. The Morgan fingerprint density at radius 2 is 1.95 bits per heavy atom. The minimum absolute atomic E-state index is 0.447. The van der Waals surface area contributed by atoms with Gasteiger partial charge in [-0.25, -0.2) is 4.98 Å². The molecule has 2 rings (SSSR count). The zero-order valence-corrected chi connectivity index (χ0v) is 12.3. The number of rotatable bonds is 6. The summed E-state index contributed by atoms with van der Waals surface area (Å²) in [6, 6.07) is 13.8. The van der Waals surface area contributed by atoms with E-state index in [1.807, 2.05) is 18.2 Å². The van der Waals surface area contributed by atoms with E-state index in [0.717, 1.165) is 19.5 Å². The average Bonchev–Trinajstić information content (AvgIpc) is 2.47. The van der Waals surface area contributed by atoms with Gasteiger partial charge in [0.05, 0.1) is 5.69 Å². The summed E-state index contributed by atoms with van der Waals surface area (Å²) in [7, 11) is 2.08. The summed E-state index contributed by atoms with van der Waals surface area (Å²) >= 11 is 5.85.